The van der Waals surface area contributed by atoms with Crippen molar-refractivity contribution in [3.63, 3.8) is 0 Å². The smallest absolute Gasteiger partial charge is 0.222 e. The van der Waals surface area contributed by atoms with E-state index in [2.05, 4.69) is 41.0 Å². The second-order valence-corrected chi connectivity index (χ2v) is 6.18. The maximum Gasteiger partial charge on any atom is 0.222 e. The van der Waals surface area contributed by atoms with Crippen LogP contribution in [0.25, 0.3) is 0 Å². The Labute approximate surface area is 121 Å². The maximum absolute atomic E-state index is 11.8. The van der Waals surface area contributed by atoms with Crippen LogP contribution < -0.4 is 0 Å². The Morgan fingerprint density at radius 3 is 2.40 bits per heavy atom. The summed E-state index contributed by atoms with van der Waals surface area (Å²) in [5.41, 5.74) is 2.71. The third kappa shape index (κ3) is 3.04. The summed E-state index contributed by atoms with van der Waals surface area (Å²) < 4.78 is 0. The molecule has 0 unspecified atom stereocenters. The highest BCUT2D eigenvalue weighted by atomic mass is 16.2. The molecule has 2 aliphatic heterocycles. The number of carbonyl (C=O) groups is 1. The lowest BCUT2D eigenvalue weighted by atomic mass is 10.0. The van der Waals surface area contributed by atoms with Gasteiger partial charge in [-0.1, -0.05) is 29.8 Å². The van der Waals surface area contributed by atoms with Gasteiger partial charge in [0.05, 0.1) is 0 Å². The van der Waals surface area contributed by atoms with Crippen molar-refractivity contribution < 1.29 is 4.79 Å². The number of rotatable bonds is 3. The molecule has 0 aliphatic carbocycles. The van der Waals surface area contributed by atoms with Crippen LogP contribution >= 0.6 is 0 Å². The zero-order chi connectivity index (χ0) is 13.9. The van der Waals surface area contributed by atoms with E-state index < -0.39 is 0 Å². The van der Waals surface area contributed by atoms with Gasteiger partial charge in [0.1, 0.15) is 0 Å². The fourth-order valence-electron chi connectivity index (χ4n) is 3.40. The summed E-state index contributed by atoms with van der Waals surface area (Å²) in [4.78, 5) is 16.4. The van der Waals surface area contributed by atoms with Crippen molar-refractivity contribution in [3.05, 3.63) is 35.4 Å². The molecular weight excluding hydrogens is 248 g/mol. The quantitative estimate of drug-likeness (QED) is 0.844. The monoisotopic (exact) mass is 272 g/mol. The first kappa shape index (κ1) is 13.6. The summed E-state index contributed by atoms with van der Waals surface area (Å²) >= 11 is 0. The molecule has 0 aromatic heterocycles. The molecule has 2 heterocycles. The predicted octanol–water partition coefficient (Wildman–Crippen LogP) is 2.58. The molecule has 0 bridgehead atoms. The Bertz CT molecular complexity index is 460. The van der Waals surface area contributed by atoms with Crippen LogP contribution in [-0.2, 0) is 11.3 Å². The topological polar surface area (TPSA) is 23.6 Å². The number of aryl methyl sites for hydroxylation is 1. The molecule has 0 saturated carbocycles. The summed E-state index contributed by atoms with van der Waals surface area (Å²) in [7, 11) is 0. The number of benzene rings is 1. The van der Waals surface area contributed by atoms with Gasteiger partial charge in [-0.15, -0.1) is 0 Å². The Hall–Kier alpha value is -1.35. The molecule has 1 amide bonds. The molecule has 2 saturated heterocycles. The molecule has 1 aromatic rings. The molecule has 3 nitrogen and oxygen atoms in total. The fourth-order valence-corrected chi connectivity index (χ4v) is 3.40. The van der Waals surface area contributed by atoms with Gasteiger partial charge in [0, 0.05) is 38.6 Å². The Kier molecular flexibility index (Phi) is 4.06. The van der Waals surface area contributed by atoms with Crippen molar-refractivity contribution in [2.24, 2.45) is 0 Å². The van der Waals surface area contributed by atoms with Crippen molar-refractivity contribution in [1.29, 1.82) is 0 Å². The third-order valence-corrected chi connectivity index (χ3v) is 4.63. The SMILES string of the molecule is Cc1ccc(CN2CCC(N3CCCC3=O)CC2)cc1. The van der Waals surface area contributed by atoms with Gasteiger partial charge < -0.3 is 4.90 Å². The third-order valence-electron chi connectivity index (χ3n) is 4.63. The van der Waals surface area contributed by atoms with E-state index in [0.29, 0.717) is 11.9 Å². The van der Waals surface area contributed by atoms with Crippen LogP contribution in [0.1, 0.15) is 36.8 Å². The Morgan fingerprint density at radius 2 is 1.80 bits per heavy atom. The first-order valence-electron chi connectivity index (χ1n) is 7.80. The average molecular weight is 272 g/mol. The number of hydrogen-bond acceptors (Lipinski definition) is 2. The molecule has 2 aliphatic rings. The first-order chi connectivity index (χ1) is 9.72. The molecule has 20 heavy (non-hydrogen) atoms. The van der Waals surface area contributed by atoms with E-state index in [1.807, 2.05) is 0 Å². The van der Waals surface area contributed by atoms with Gasteiger partial charge in [0.15, 0.2) is 0 Å². The summed E-state index contributed by atoms with van der Waals surface area (Å²) in [5.74, 6) is 0.377. The number of nitrogens with zero attached hydrogens (tertiary/aromatic N) is 2. The Balaban J connectivity index is 1.51. The highest BCUT2D eigenvalue weighted by Gasteiger charge is 2.30. The van der Waals surface area contributed by atoms with Gasteiger partial charge in [-0.25, -0.2) is 0 Å². The molecule has 0 atom stereocenters. The zero-order valence-electron chi connectivity index (χ0n) is 12.3. The highest BCUT2D eigenvalue weighted by molar-refractivity contribution is 5.78. The van der Waals surface area contributed by atoms with Crippen LogP contribution in [-0.4, -0.2) is 41.4 Å². The van der Waals surface area contributed by atoms with E-state index in [1.165, 1.54) is 11.1 Å². The largest absolute Gasteiger partial charge is 0.340 e. The standard InChI is InChI=1S/C17H24N2O/c1-14-4-6-15(7-5-14)13-18-11-8-16(9-12-18)19-10-2-3-17(19)20/h4-7,16H,2-3,8-13H2,1H3. The summed E-state index contributed by atoms with van der Waals surface area (Å²) in [5, 5.41) is 0. The number of hydrogen-bond donors (Lipinski definition) is 0. The van der Waals surface area contributed by atoms with Crippen LogP contribution in [0.5, 0.6) is 0 Å². The first-order valence-corrected chi connectivity index (χ1v) is 7.80. The molecule has 0 radical (unpaired) electrons. The van der Waals surface area contributed by atoms with Crippen molar-refractivity contribution in [3.8, 4) is 0 Å². The number of likely N-dealkylation sites (tertiary alicyclic amines) is 2. The molecule has 3 heteroatoms. The minimum atomic E-state index is 0.377. The van der Waals surface area contributed by atoms with Crippen LogP contribution in [0.3, 0.4) is 0 Å². The number of carbonyl (C=O) groups excluding carboxylic acids is 1. The second-order valence-electron chi connectivity index (χ2n) is 6.18. The van der Waals surface area contributed by atoms with Crippen molar-refractivity contribution in [2.75, 3.05) is 19.6 Å². The van der Waals surface area contributed by atoms with E-state index in [9.17, 15) is 4.79 Å². The van der Waals surface area contributed by atoms with E-state index in [-0.39, 0.29) is 0 Å². The average Bonchev–Trinajstić information content (AvgIpc) is 2.89. The van der Waals surface area contributed by atoms with Crippen LogP contribution in [0, 0.1) is 6.92 Å². The molecule has 108 valence electrons. The molecule has 0 spiro atoms. The Morgan fingerprint density at radius 1 is 1.10 bits per heavy atom. The molecule has 2 fully saturated rings. The molecule has 3 rings (SSSR count). The minimum absolute atomic E-state index is 0.377. The van der Waals surface area contributed by atoms with Gasteiger partial charge in [-0.05, 0) is 31.7 Å². The van der Waals surface area contributed by atoms with Gasteiger partial charge in [0.2, 0.25) is 5.91 Å². The van der Waals surface area contributed by atoms with Crippen LogP contribution in [0.4, 0.5) is 0 Å². The van der Waals surface area contributed by atoms with Crippen LogP contribution in [0.15, 0.2) is 24.3 Å². The van der Waals surface area contributed by atoms with Crippen LogP contribution in [0.2, 0.25) is 0 Å². The normalized spacial score (nSPS) is 21.6. The minimum Gasteiger partial charge on any atom is -0.340 e. The zero-order valence-corrected chi connectivity index (χ0v) is 12.3. The van der Waals surface area contributed by atoms with Crippen molar-refractivity contribution >= 4 is 5.91 Å². The predicted molar refractivity (Wildman–Crippen MR) is 80.4 cm³/mol. The second kappa shape index (κ2) is 5.96. The lowest BCUT2D eigenvalue weighted by Crippen LogP contribution is -2.45. The molecule has 0 N–H and O–H groups in total. The van der Waals surface area contributed by atoms with E-state index in [4.69, 9.17) is 0 Å². The van der Waals surface area contributed by atoms with Gasteiger partial charge >= 0.3 is 0 Å². The number of amides is 1. The van der Waals surface area contributed by atoms with Crippen molar-refractivity contribution in [2.45, 2.75) is 45.2 Å². The lowest BCUT2D eigenvalue weighted by Gasteiger charge is -2.36. The van der Waals surface area contributed by atoms with E-state index in [1.54, 1.807) is 0 Å². The summed E-state index contributed by atoms with van der Waals surface area (Å²) in [6, 6.07) is 9.33. The van der Waals surface area contributed by atoms with E-state index >= 15 is 0 Å². The summed E-state index contributed by atoms with van der Waals surface area (Å²) in [6.45, 7) is 6.38. The van der Waals surface area contributed by atoms with Gasteiger partial charge in [-0.2, -0.15) is 0 Å². The van der Waals surface area contributed by atoms with Gasteiger partial charge in [0.25, 0.3) is 0 Å². The summed E-state index contributed by atoms with van der Waals surface area (Å²) in [6.07, 6.45) is 4.10. The fraction of sp³-hybridized carbons (Fsp3) is 0.588. The van der Waals surface area contributed by atoms with Gasteiger partial charge in [-0.3, -0.25) is 9.69 Å². The molecular formula is C17H24N2O. The van der Waals surface area contributed by atoms with Crippen molar-refractivity contribution in [1.82, 2.24) is 9.80 Å². The number of piperidine rings is 1. The van der Waals surface area contributed by atoms with E-state index in [0.717, 1.165) is 51.9 Å². The maximum atomic E-state index is 11.8. The highest BCUT2D eigenvalue weighted by Crippen LogP contribution is 2.23. The molecule has 1 aromatic carbocycles. The lowest BCUT2D eigenvalue weighted by molar-refractivity contribution is -0.130.